The molecule has 0 unspecified atom stereocenters. The summed E-state index contributed by atoms with van der Waals surface area (Å²) < 4.78 is 11.1. The molecule has 1 aromatic heterocycles. The number of ether oxygens (including phenoxy) is 1. The van der Waals surface area contributed by atoms with Crippen LogP contribution in [0.4, 0.5) is 5.69 Å². The number of benzene rings is 2. The highest BCUT2D eigenvalue weighted by atomic mass is 16.5. The molecule has 0 radical (unpaired) electrons. The van der Waals surface area contributed by atoms with Crippen LogP contribution in [0.25, 0.3) is 11.5 Å². The first-order valence-corrected chi connectivity index (χ1v) is 8.86. The molecule has 0 spiro atoms. The van der Waals surface area contributed by atoms with Crippen molar-refractivity contribution >= 4 is 11.6 Å². The van der Waals surface area contributed by atoms with E-state index in [0.717, 1.165) is 16.8 Å². The smallest absolute Gasteiger partial charge is 0.262 e. The summed E-state index contributed by atoms with van der Waals surface area (Å²) in [5.41, 5.74) is 3.60. The van der Waals surface area contributed by atoms with Crippen molar-refractivity contribution in [2.24, 2.45) is 0 Å². The van der Waals surface area contributed by atoms with E-state index in [1.54, 1.807) is 6.07 Å². The van der Waals surface area contributed by atoms with Crippen LogP contribution in [0.1, 0.15) is 36.7 Å². The van der Waals surface area contributed by atoms with Gasteiger partial charge in [0.25, 0.3) is 11.8 Å². The first kappa shape index (κ1) is 18.6. The molecule has 0 bridgehead atoms. The van der Waals surface area contributed by atoms with Gasteiger partial charge in [-0.15, -0.1) is 0 Å². The highest BCUT2D eigenvalue weighted by Gasteiger charge is 2.16. The number of carbonyl (C=O) groups is 1. The van der Waals surface area contributed by atoms with Crippen LogP contribution in [-0.4, -0.2) is 22.7 Å². The lowest BCUT2D eigenvalue weighted by molar-refractivity contribution is -0.118. The largest absolute Gasteiger partial charge is 0.483 e. The van der Waals surface area contributed by atoms with Crippen LogP contribution < -0.4 is 10.1 Å². The highest BCUT2D eigenvalue weighted by molar-refractivity contribution is 5.92. The van der Waals surface area contributed by atoms with Gasteiger partial charge in [-0.2, -0.15) is 4.98 Å². The first-order chi connectivity index (χ1) is 12.9. The molecule has 0 aliphatic heterocycles. The van der Waals surface area contributed by atoms with Gasteiger partial charge in [-0.3, -0.25) is 4.79 Å². The van der Waals surface area contributed by atoms with Crippen molar-refractivity contribution in [2.45, 2.75) is 33.6 Å². The fourth-order valence-corrected chi connectivity index (χ4v) is 2.74. The van der Waals surface area contributed by atoms with E-state index in [-0.39, 0.29) is 18.4 Å². The van der Waals surface area contributed by atoms with Crippen LogP contribution in [0, 0.1) is 13.8 Å². The SMILES string of the molecule is Cc1cc(C)cc(NC(=O)COc2ccccc2-c2nc(C(C)C)no2)c1. The summed E-state index contributed by atoms with van der Waals surface area (Å²) >= 11 is 0. The molecule has 6 nitrogen and oxygen atoms in total. The number of nitrogens with one attached hydrogen (secondary N) is 1. The van der Waals surface area contributed by atoms with Crippen LogP contribution in [0.3, 0.4) is 0 Å². The number of anilines is 1. The number of aromatic nitrogens is 2. The van der Waals surface area contributed by atoms with Gasteiger partial charge in [-0.1, -0.05) is 37.2 Å². The van der Waals surface area contributed by atoms with E-state index in [9.17, 15) is 4.79 Å². The third-order valence-electron chi connectivity index (χ3n) is 3.94. The molecule has 27 heavy (non-hydrogen) atoms. The topological polar surface area (TPSA) is 77.2 Å². The summed E-state index contributed by atoms with van der Waals surface area (Å²) in [6, 6.07) is 13.2. The molecule has 0 aliphatic carbocycles. The summed E-state index contributed by atoms with van der Waals surface area (Å²) in [4.78, 5) is 16.7. The van der Waals surface area contributed by atoms with E-state index in [1.165, 1.54) is 0 Å². The average molecular weight is 365 g/mol. The number of nitrogens with zero attached hydrogens (tertiary/aromatic N) is 2. The number of amides is 1. The molecule has 1 amide bonds. The average Bonchev–Trinajstić information content (AvgIpc) is 3.09. The van der Waals surface area contributed by atoms with Gasteiger partial charge in [0.05, 0.1) is 5.56 Å². The Kier molecular flexibility index (Phi) is 5.54. The number of aryl methyl sites for hydroxylation is 2. The Labute approximate surface area is 158 Å². The molecule has 3 aromatic rings. The maximum Gasteiger partial charge on any atom is 0.262 e. The van der Waals surface area contributed by atoms with Gasteiger partial charge in [-0.25, -0.2) is 0 Å². The van der Waals surface area contributed by atoms with Gasteiger partial charge in [0, 0.05) is 11.6 Å². The second-order valence-electron chi connectivity index (χ2n) is 6.82. The van der Waals surface area contributed by atoms with Crippen LogP contribution in [-0.2, 0) is 4.79 Å². The monoisotopic (exact) mass is 365 g/mol. The van der Waals surface area contributed by atoms with Crippen molar-refractivity contribution in [1.29, 1.82) is 0 Å². The van der Waals surface area contributed by atoms with Crippen molar-refractivity contribution in [3.05, 3.63) is 59.4 Å². The number of carbonyl (C=O) groups excluding carboxylic acids is 1. The maximum atomic E-state index is 12.3. The Morgan fingerprint density at radius 3 is 2.52 bits per heavy atom. The lowest BCUT2D eigenvalue weighted by atomic mass is 10.1. The maximum absolute atomic E-state index is 12.3. The van der Waals surface area contributed by atoms with Crippen LogP contribution >= 0.6 is 0 Å². The summed E-state index contributed by atoms with van der Waals surface area (Å²) in [7, 11) is 0. The molecule has 0 aliphatic rings. The van der Waals surface area contributed by atoms with Crippen LogP contribution in [0.2, 0.25) is 0 Å². The molecule has 6 heteroatoms. The van der Waals surface area contributed by atoms with Crippen LogP contribution in [0.15, 0.2) is 47.0 Å². The normalized spacial score (nSPS) is 10.9. The third kappa shape index (κ3) is 4.73. The molecule has 3 rings (SSSR count). The number of hydrogen-bond donors (Lipinski definition) is 1. The zero-order valence-corrected chi connectivity index (χ0v) is 15.9. The summed E-state index contributed by atoms with van der Waals surface area (Å²) in [5.74, 6) is 1.46. The van der Waals surface area contributed by atoms with E-state index < -0.39 is 0 Å². The number of para-hydroxylation sites is 1. The minimum absolute atomic E-state index is 0.116. The molecule has 1 heterocycles. The zero-order valence-electron chi connectivity index (χ0n) is 15.9. The van der Waals surface area contributed by atoms with Gasteiger partial charge in [-0.05, 0) is 49.2 Å². The van der Waals surface area contributed by atoms with Crippen LogP contribution in [0.5, 0.6) is 5.75 Å². The minimum atomic E-state index is -0.233. The van der Waals surface area contributed by atoms with Crippen molar-refractivity contribution in [1.82, 2.24) is 10.1 Å². The Hall–Kier alpha value is -3.15. The molecule has 0 saturated heterocycles. The predicted molar refractivity (Wildman–Crippen MR) is 104 cm³/mol. The summed E-state index contributed by atoms with van der Waals surface area (Å²) in [5, 5.41) is 6.84. The Morgan fingerprint density at radius 1 is 1.15 bits per heavy atom. The standard InChI is InChI=1S/C21H23N3O3/c1-13(2)20-23-21(27-24-20)17-7-5-6-8-18(17)26-12-19(25)22-16-10-14(3)9-15(4)11-16/h5-11,13H,12H2,1-4H3,(H,22,25). The summed E-state index contributed by atoms with van der Waals surface area (Å²) in [6.45, 7) is 7.86. The lowest BCUT2D eigenvalue weighted by Gasteiger charge is -2.10. The minimum Gasteiger partial charge on any atom is -0.483 e. The molecule has 1 N–H and O–H groups in total. The quantitative estimate of drug-likeness (QED) is 0.696. The highest BCUT2D eigenvalue weighted by Crippen LogP contribution is 2.29. The van der Waals surface area contributed by atoms with E-state index in [2.05, 4.69) is 21.5 Å². The van der Waals surface area contributed by atoms with E-state index in [4.69, 9.17) is 9.26 Å². The number of rotatable bonds is 6. The molecule has 0 saturated carbocycles. The molecule has 0 fully saturated rings. The second kappa shape index (κ2) is 8.03. The third-order valence-corrected chi connectivity index (χ3v) is 3.94. The Morgan fingerprint density at radius 2 is 1.85 bits per heavy atom. The van der Waals surface area contributed by atoms with Gasteiger partial charge in [0.1, 0.15) is 5.75 Å². The van der Waals surface area contributed by atoms with Crippen molar-refractivity contribution in [3.8, 4) is 17.2 Å². The molecule has 140 valence electrons. The van der Waals surface area contributed by atoms with Gasteiger partial charge >= 0.3 is 0 Å². The Bertz CT molecular complexity index is 927. The predicted octanol–water partition coefficient (Wildman–Crippen LogP) is 4.49. The molecular weight excluding hydrogens is 342 g/mol. The fraction of sp³-hybridized carbons (Fsp3) is 0.286. The van der Waals surface area contributed by atoms with Gasteiger partial charge in [0.2, 0.25) is 0 Å². The number of hydrogen-bond acceptors (Lipinski definition) is 5. The molecule has 2 aromatic carbocycles. The molecular formula is C21H23N3O3. The Balaban J connectivity index is 1.70. The fourth-order valence-electron chi connectivity index (χ4n) is 2.74. The van der Waals surface area contributed by atoms with E-state index >= 15 is 0 Å². The van der Waals surface area contributed by atoms with Gasteiger partial charge in [0.15, 0.2) is 12.4 Å². The zero-order chi connectivity index (χ0) is 19.4. The first-order valence-electron chi connectivity index (χ1n) is 8.86. The van der Waals surface area contributed by atoms with E-state index in [0.29, 0.717) is 23.0 Å². The van der Waals surface area contributed by atoms with E-state index in [1.807, 2.05) is 58.0 Å². The lowest BCUT2D eigenvalue weighted by Crippen LogP contribution is -2.20. The van der Waals surface area contributed by atoms with Gasteiger partial charge < -0.3 is 14.6 Å². The van der Waals surface area contributed by atoms with Crippen molar-refractivity contribution < 1.29 is 14.1 Å². The van der Waals surface area contributed by atoms with Crippen molar-refractivity contribution in [3.63, 3.8) is 0 Å². The molecule has 0 atom stereocenters. The van der Waals surface area contributed by atoms with Crippen molar-refractivity contribution in [2.75, 3.05) is 11.9 Å². The summed E-state index contributed by atoms with van der Waals surface area (Å²) in [6.07, 6.45) is 0. The second-order valence-corrected chi connectivity index (χ2v) is 6.82.